The first-order chi connectivity index (χ1) is 9.16. The molecule has 1 aliphatic carbocycles. The molecule has 2 heterocycles. The third kappa shape index (κ3) is 2.26. The molecule has 1 amide bonds. The van der Waals surface area contributed by atoms with Gasteiger partial charge in [-0.3, -0.25) is 9.48 Å². The molecule has 0 spiro atoms. The molecule has 2 aliphatic rings. The lowest BCUT2D eigenvalue weighted by Crippen LogP contribution is -2.53. The van der Waals surface area contributed by atoms with Crippen LogP contribution in [0.15, 0.2) is 12.4 Å². The van der Waals surface area contributed by atoms with Gasteiger partial charge in [0.05, 0.1) is 24.9 Å². The first kappa shape index (κ1) is 12.6. The van der Waals surface area contributed by atoms with Gasteiger partial charge in [-0.15, -0.1) is 0 Å². The molecular formula is C13H20N4O2. The van der Waals surface area contributed by atoms with E-state index in [4.69, 9.17) is 10.5 Å². The summed E-state index contributed by atoms with van der Waals surface area (Å²) in [7, 11) is 1.82. The van der Waals surface area contributed by atoms with Crippen molar-refractivity contribution >= 4 is 5.91 Å². The predicted molar refractivity (Wildman–Crippen MR) is 69.2 cm³/mol. The van der Waals surface area contributed by atoms with Gasteiger partial charge in [-0.2, -0.15) is 5.10 Å². The van der Waals surface area contributed by atoms with E-state index in [-0.39, 0.29) is 18.1 Å². The fraction of sp³-hybridized carbons (Fsp3) is 0.692. The van der Waals surface area contributed by atoms with Gasteiger partial charge in [0.15, 0.2) is 0 Å². The minimum Gasteiger partial charge on any atom is -0.374 e. The van der Waals surface area contributed by atoms with E-state index in [9.17, 15) is 4.79 Å². The van der Waals surface area contributed by atoms with Crippen molar-refractivity contribution in [3.63, 3.8) is 0 Å². The van der Waals surface area contributed by atoms with Gasteiger partial charge in [-0.05, 0) is 19.3 Å². The minimum absolute atomic E-state index is 0.00630. The average Bonchev–Trinajstić information content (AvgIpc) is 3.04. The van der Waals surface area contributed by atoms with Gasteiger partial charge in [-0.1, -0.05) is 0 Å². The van der Waals surface area contributed by atoms with Crippen LogP contribution in [0, 0.1) is 0 Å². The fourth-order valence-electron chi connectivity index (χ4n) is 3.12. The third-order valence-corrected chi connectivity index (χ3v) is 4.12. The second kappa shape index (κ2) is 4.94. The Morgan fingerprint density at radius 3 is 3.16 bits per heavy atom. The van der Waals surface area contributed by atoms with E-state index in [1.165, 1.54) is 0 Å². The Labute approximate surface area is 112 Å². The quantitative estimate of drug-likeness (QED) is 0.828. The largest absolute Gasteiger partial charge is 0.374 e. The number of rotatable bonds is 2. The predicted octanol–water partition coefficient (Wildman–Crippen LogP) is 0.200. The Morgan fingerprint density at radius 2 is 2.42 bits per heavy atom. The van der Waals surface area contributed by atoms with Crippen molar-refractivity contribution in [1.29, 1.82) is 0 Å². The van der Waals surface area contributed by atoms with E-state index in [0.29, 0.717) is 13.2 Å². The maximum absolute atomic E-state index is 12.6. The Hall–Kier alpha value is -1.40. The topological polar surface area (TPSA) is 73.4 Å². The molecule has 1 aromatic rings. The van der Waals surface area contributed by atoms with Gasteiger partial charge in [0.1, 0.15) is 6.04 Å². The van der Waals surface area contributed by atoms with Crippen LogP contribution in [0.4, 0.5) is 0 Å². The lowest BCUT2D eigenvalue weighted by atomic mass is 10.1. The Kier molecular flexibility index (Phi) is 3.28. The fourth-order valence-corrected chi connectivity index (χ4v) is 3.12. The van der Waals surface area contributed by atoms with Gasteiger partial charge in [0.2, 0.25) is 5.91 Å². The zero-order valence-electron chi connectivity index (χ0n) is 11.2. The number of nitrogens with zero attached hydrogens (tertiary/aromatic N) is 3. The van der Waals surface area contributed by atoms with Crippen molar-refractivity contribution in [2.75, 3.05) is 13.2 Å². The number of carbonyl (C=O) groups excluding carboxylic acids is 1. The van der Waals surface area contributed by atoms with E-state index >= 15 is 0 Å². The number of hydrogen-bond donors (Lipinski definition) is 1. The Bertz CT molecular complexity index is 473. The molecule has 1 aromatic heterocycles. The summed E-state index contributed by atoms with van der Waals surface area (Å²) in [5, 5.41) is 4.07. The second-order valence-electron chi connectivity index (χ2n) is 5.36. The highest BCUT2D eigenvalue weighted by Gasteiger charge is 2.39. The van der Waals surface area contributed by atoms with Gasteiger partial charge < -0.3 is 15.4 Å². The number of nitrogens with two attached hydrogens (primary N) is 1. The normalized spacial score (nSPS) is 28.2. The molecule has 2 N–H and O–H groups in total. The van der Waals surface area contributed by atoms with Crippen LogP contribution < -0.4 is 5.73 Å². The number of aryl methyl sites for hydroxylation is 1. The Morgan fingerprint density at radius 1 is 1.58 bits per heavy atom. The highest BCUT2D eigenvalue weighted by molar-refractivity contribution is 5.83. The van der Waals surface area contributed by atoms with Gasteiger partial charge >= 0.3 is 0 Å². The van der Waals surface area contributed by atoms with E-state index in [0.717, 1.165) is 24.8 Å². The molecule has 1 saturated heterocycles. The van der Waals surface area contributed by atoms with Gasteiger partial charge in [-0.25, -0.2) is 0 Å². The molecule has 2 fully saturated rings. The van der Waals surface area contributed by atoms with Crippen LogP contribution in [0.1, 0.15) is 30.9 Å². The SMILES string of the molecule is Cn1cc(C(N)C(=O)N2CCOC3CCCC32)cn1. The molecule has 6 nitrogen and oxygen atoms in total. The second-order valence-corrected chi connectivity index (χ2v) is 5.36. The number of morpholine rings is 1. The van der Waals surface area contributed by atoms with Crippen molar-refractivity contribution in [2.45, 2.75) is 37.5 Å². The Balaban J connectivity index is 1.75. The maximum Gasteiger partial charge on any atom is 0.244 e. The summed E-state index contributed by atoms with van der Waals surface area (Å²) in [6.45, 7) is 1.26. The van der Waals surface area contributed by atoms with Crippen LogP contribution in [0.3, 0.4) is 0 Å². The zero-order chi connectivity index (χ0) is 13.4. The summed E-state index contributed by atoms with van der Waals surface area (Å²) in [5.74, 6) is -0.00630. The summed E-state index contributed by atoms with van der Waals surface area (Å²) in [5.41, 5.74) is 6.85. The lowest BCUT2D eigenvalue weighted by Gasteiger charge is -2.38. The monoisotopic (exact) mass is 264 g/mol. The zero-order valence-corrected chi connectivity index (χ0v) is 11.2. The molecule has 0 bridgehead atoms. The minimum atomic E-state index is -0.618. The highest BCUT2D eigenvalue weighted by Crippen LogP contribution is 2.31. The number of aromatic nitrogens is 2. The summed E-state index contributed by atoms with van der Waals surface area (Å²) in [6.07, 6.45) is 6.87. The van der Waals surface area contributed by atoms with Crippen LogP contribution in [-0.2, 0) is 16.6 Å². The number of fused-ring (bicyclic) bond motifs is 1. The van der Waals surface area contributed by atoms with Crippen LogP contribution in [-0.4, -0.2) is 45.9 Å². The molecular weight excluding hydrogens is 244 g/mol. The van der Waals surface area contributed by atoms with Crippen molar-refractivity contribution in [2.24, 2.45) is 12.8 Å². The smallest absolute Gasteiger partial charge is 0.244 e. The van der Waals surface area contributed by atoms with E-state index in [2.05, 4.69) is 5.10 Å². The van der Waals surface area contributed by atoms with Crippen LogP contribution in [0.5, 0.6) is 0 Å². The number of ether oxygens (including phenoxy) is 1. The summed E-state index contributed by atoms with van der Waals surface area (Å²) in [6, 6.07) is -0.406. The van der Waals surface area contributed by atoms with E-state index < -0.39 is 6.04 Å². The molecule has 6 heteroatoms. The molecule has 19 heavy (non-hydrogen) atoms. The first-order valence-corrected chi connectivity index (χ1v) is 6.83. The van der Waals surface area contributed by atoms with Crippen LogP contribution in [0.2, 0.25) is 0 Å². The van der Waals surface area contributed by atoms with Gasteiger partial charge in [0, 0.05) is 25.4 Å². The van der Waals surface area contributed by atoms with Gasteiger partial charge in [0.25, 0.3) is 0 Å². The number of carbonyl (C=O) groups is 1. The maximum atomic E-state index is 12.6. The van der Waals surface area contributed by atoms with Crippen LogP contribution in [0.25, 0.3) is 0 Å². The molecule has 3 unspecified atom stereocenters. The summed E-state index contributed by atoms with van der Waals surface area (Å²) < 4.78 is 7.39. The number of hydrogen-bond acceptors (Lipinski definition) is 4. The molecule has 0 radical (unpaired) electrons. The van der Waals surface area contributed by atoms with Crippen molar-refractivity contribution in [1.82, 2.24) is 14.7 Å². The molecule has 0 aromatic carbocycles. The average molecular weight is 264 g/mol. The van der Waals surface area contributed by atoms with Crippen molar-refractivity contribution in [3.05, 3.63) is 18.0 Å². The number of amides is 1. The summed E-state index contributed by atoms with van der Waals surface area (Å²) in [4.78, 5) is 14.5. The van der Waals surface area contributed by atoms with E-state index in [1.807, 2.05) is 11.9 Å². The van der Waals surface area contributed by atoms with Crippen molar-refractivity contribution in [3.8, 4) is 0 Å². The lowest BCUT2D eigenvalue weighted by molar-refractivity contribution is -0.145. The molecule has 3 atom stereocenters. The van der Waals surface area contributed by atoms with E-state index in [1.54, 1.807) is 17.1 Å². The molecule has 1 aliphatic heterocycles. The third-order valence-electron chi connectivity index (χ3n) is 4.12. The highest BCUT2D eigenvalue weighted by atomic mass is 16.5. The summed E-state index contributed by atoms with van der Waals surface area (Å²) >= 11 is 0. The van der Waals surface area contributed by atoms with Crippen molar-refractivity contribution < 1.29 is 9.53 Å². The standard InChI is InChI=1S/C13H20N4O2/c1-16-8-9(7-15-16)12(14)13(18)17-5-6-19-11-4-2-3-10(11)17/h7-8,10-12H,2-6,14H2,1H3. The first-order valence-electron chi connectivity index (χ1n) is 6.83. The molecule has 3 rings (SSSR count). The molecule has 1 saturated carbocycles. The molecule has 104 valence electrons. The van der Waals surface area contributed by atoms with Crippen LogP contribution >= 0.6 is 0 Å².